The molecule has 3 rings (SSSR count). The van der Waals surface area contributed by atoms with Crippen LogP contribution in [0.15, 0.2) is 72.8 Å². The van der Waals surface area contributed by atoms with Gasteiger partial charge in [0.15, 0.2) is 0 Å². The number of carbonyl (C=O) groups is 1. The summed E-state index contributed by atoms with van der Waals surface area (Å²) in [4.78, 5) is 11.9. The van der Waals surface area contributed by atoms with Crippen LogP contribution in [0.25, 0.3) is 10.8 Å². The zero-order valence-corrected chi connectivity index (χ0v) is 13.0. The van der Waals surface area contributed by atoms with Gasteiger partial charge in [0.1, 0.15) is 12.6 Å². The Labute approximate surface area is 140 Å². The van der Waals surface area contributed by atoms with Crippen molar-refractivity contribution in [2.75, 3.05) is 0 Å². The first-order chi connectivity index (χ1) is 11.8. The summed E-state index contributed by atoms with van der Waals surface area (Å²) >= 11 is 0. The standard InChI is InChI=1S/C20H16N2O2/c21-13-19(18-11-10-16-8-4-5-9-17(16)12-18)22-20(23)24-14-15-6-2-1-3-7-15/h1-12,19H,14H2,(H,22,23)/t19-/m0/s1. The average molecular weight is 316 g/mol. The predicted molar refractivity (Wildman–Crippen MR) is 92.1 cm³/mol. The molecule has 4 nitrogen and oxygen atoms in total. The number of benzene rings is 3. The molecule has 0 saturated heterocycles. The van der Waals surface area contributed by atoms with E-state index in [-0.39, 0.29) is 6.61 Å². The number of rotatable bonds is 4. The molecule has 0 fully saturated rings. The molecular weight excluding hydrogens is 300 g/mol. The lowest BCUT2D eigenvalue weighted by atomic mass is 10.0. The Hall–Kier alpha value is -3.32. The number of nitrogens with zero attached hydrogens (tertiary/aromatic N) is 1. The van der Waals surface area contributed by atoms with Crippen LogP contribution in [0, 0.1) is 11.3 Å². The second kappa shape index (κ2) is 7.30. The minimum absolute atomic E-state index is 0.169. The van der Waals surface area contributed by atoms with Crippen LogP contribution in [0.4, 0.5) is 4.79 Å². The summed E-state index contributed by atoms with van der Waals surface area (Å²) in [5, 5.41) is 14.1. The van der Waals surface area contributed by atoms with E-state index in [1.807, 2.05) is 72.8 Å². The van der Waals surface area contributed by atoms with Crippen LogP contribution >= 0.6 is 0 Å². The maximum atomic E-state index is 11.9. The Morgan fingerprint density at radius 2 is 1.71 bits per heavy atom. The van der Waals surface area contributed by atoms with Crippen molar-refractivity contribution < 1.29 is 9.53 Å². The van der Waals surface area contributed by atoms with Gasteiger partial charge in [-0.15, -0.1) is 0 Å². The second-order valence-electron chi connectivity index (χ2n) is 5.37. The Morgan fingerprint density at radius 3 is 2.46 bits per heavy atom. The van der Waals surface area contributed by atoms with E-state index in [0.29, 0.717) is 0 Å². The van der Waals surface area contributed by atoms with E-state index in [1.165, 1.54) is 0 Å². The van der Waals surface area contributed by atoms with Gasteiger partial charge in [-0.3, -0.25) is 0 Å². The molecule has 0 aliphatic rings. The molecule has 0 saturated carbocycles. The fourth-order valence-corrected chi connectivity index (χ4v) is 2.46. The molecule has 0 spiro atoms. The van der Waals surface area contributed by atoms with Crippen molar-refractivity contribution in [1.82, 2.24) is 5.32 Å². The number of hydrogen-bond acceptors (Lipinski definition) is 3. The zero-order valence-electron chi connectivity index (χ0n) is 13.0. The summed E-state index contributed by atoms with van der Waals surface area (Å²) in [5.74, 6) is 0. The SMILES string of the molecule is N#C[C@H](NC(=O)OCc1ccccc1)c1ccc2ccccc2c1. The molecule has 0 unspecified atom stereocenters. The average Bonchev–Trinajstić information content (AvgIpc) is 2.65. The normalized spacial score (nSPS) is 11.5. The first-order valence-electron chi connectivity index (χ1n) is 7.62. The lowest BCUT2D eigenvalue weighted by molar-refractivity contribution is 0.137. The van der Waals surface area contributed by atoms with E-state index < -0.39 is 12.1 Å². The molecule has 3 aromatic rings. The highest BCUT2D eigenvalue weighted by Gasteiger charge is 2.15. The summed E-state index contributed by atoms with van der Waals surface area (Å²) in [5.41, 5.74) is 1.62. The minimum atomic E-state index is -0.752. The summed E-state index contributed by atoms with van der Waals surface area (Å²) in [6.45, 7) is 0.169. The van der Waals surface area contributed by atoms with Crippen LogP contribution in [0.2, 0.25) is 0 Å². The van der Waals surface area contributed by atoms with Crippen molar-refractivity contribution in [2.24, 2.45) is 0 Å². The summed E-state index contributed by atoms with van der Waals surface area (Å²) < 4.78 is 5.17. The van der Waals surface area contributed by atoms with Crippen LogP contribution in [0.1, 0.15) is 17.2 Å². The van der Waals surface area contributed by atoms with Crippen LogP contribution in [-0.2, 0) is 11.3 Å². The number of alkyl carbamates (subject to hydrolysis) is 1. The Kier molecular flexibility index (Phi) is 4.73. The first kappa shape index (κ1) is 15.6. The lowest BCUT2D eigenvalue weighted by Gasteiger charge is -2.13. The molecule has 118 valence electrons. The monoisotopic (exact) mass is 316 g/mol. The van der Waals surface area contributed by atoms with Gasteiger partial charge in [0.2, 0.25) is 0 Å². The van der Waals surface area contributed by atoms with Crippen molar-refractivity contribution in [2.45, 2.75) is 12.6 Å². The summed E-state index contributed by atoms with van der Waals surface area (Å²) in [7, 11) is 0. The molecule has 0 bridgehead atoms. The smallest absolute Gasteiger partial charge is 0.408 e. The van der Waals surface area contributed by atoms with Crippen molar-refractivity contribution >= 4 is 16.9 Å². The number of fused-ring (bicyclic) bond motifs is 1. The number of ether oxygens (including phenoxy) is 1. The van der Waals surface area contributed by atoms with Crippen molar-refractivity contribution in [1.29, 1.82) is 5.26 Å². The number of nitrogens with one attached hydrogen (secondary N) is 1. The van der Waals surface area contributed by atoms with Crippen molar-refractivity contribution in [3.05, 3.63) is 83.9 Å². The Bertz CT molecular complexity index is 885. The molecule has 0 radical (unpaired) electrons. The van der Waals surface area contributed by atoms with Crippen molar-refractivity contribution in [3.63, 3.8) is 0 Å². The van der Waals surface area contributed by atoms with E-state index in [1.54, 1.807) is 0 Å². The van der Waals surface area contributed by atoms with Gasteiger partial charge in [0.05, 0.1) is 6.07 Å². The van der Waals surface area contributed by atoms with E-state index in [0.717, 1.165) is 21.9 Å². The van der Waals surface area contributed by atoms with Crippen LogP contribution in [0.3, 0.4) is 0 Å². The highest BCUT2D eigenvalue weighted by Crippen LogP contribution is 2.20. The number of nitriles is 1. The molecule has 24 heavy (non-hydrogen) atoms. The fraction of sp³-hybridized carbons (Fsp3) is 0.100. The van der Waals surface area contributed by atoms with Crippen molar-refractivity contribution in [3.8, 4) is 6.07 Å². The van der Waals surface area contributed by atoms with Crippen LogP contribution in [-0.4, -0.2) is 6.09 Å². The quantitative estimate of drug-likeness (QED) is 0.779. The predicted octanol–water partition coefficient (Wildman–Crippen LogP) is 4.33. The molecule has 0 aliphatic carbocycles. The van der Waals surface area contributed by atoms with Gasteiger partial charge in [0, 0.05) is 0 Å². The number of hydrogen-bond donors (Lipinski definition) is 1. The van der Waals surface area contributed by atoms with Gasteiger partial charge in [0.25, 0.3) is 0 Å². The molecule has 0 heterocycles. The Morgan fingerprint density at radius 1 is 1.00 bits per heavy atom. The molecule has 1 amide bonds. The lowest BCUT2D eigenvalue weighted by Crippen LogP contribution is -2.28. The van der Waals surface area contributed by atoms with E-state index >= 15 is 0 Å². The summed E-state index contributed by atoms with van der Waals surface area (Å²) in [6, 6.07) is 24.3. The topological polar surface area (TPSA) is 62.1 Å². The fourth-order valence-electron chi connectivity index (χ4n) is 2.46. The molecule has 1 atom stereocenters. The number of carbonyl (C=O) groups excluding carboxylic acids is 1. The third kappa shape index (κ3) is 3.71. The Balaban J connectivity index is 1.67. The number of amides is 1. The largest absolute Gasteiger partial charge is 0.445 e. The maximum absolute atomic E-state index is 11.9. The minimum Gasteiger partial charge on any atom is -0.445 e. The molecule has 0 aromatic heterocycles. The highest BCUT2D eigenvalue weighted by molar-refractivity contribution is 5.83. The first-order valence-corrected chi connectivity index (χ1v) is 7.62. The second-order valence-corrected chi connectivity index (χ2v) is 5.37. The third-order valence-corrected chi connectivity index (χ3v) is 3.71. The van der Waals surface area contributed by atoms with Gasteiger partial charge in [-0.1, -0.05) is 66.7 Å². The zero-order chi connectivity index (χ0) is 16.8. The molecule has 4 heteroatoms. The van der Waals surface area contributed by atoms with Gasteiger partial charge in [-0.25, -0.2) is 4.79 Å². The van der Waals surface area contributed by atoms with Gasteiger partial charge in [-0.2, -0.15) is 5.26 Å². The van der Waals surface area contributed by atoms with Gasteiger partial charge in [-0.05, 0) is 28.0 Å². The maximum Gasteiger partial charge on any atom is 0.408 e. The third-order valence-electron chi connectivity index (χ3n) is 3.71. The summed E-state index contributed by atoms with van der Waals surface area (Å²) in [6.07, 6.45) is -0.612. The highest BCUT2D eigenvalue weighted by atomic mass is 16.5. The van der Waals surface area contributed by atoms with E-state index in [4.69, 9.17) is 4.74 Å². The molecular formula is C20H16N2O2. The molecule has 0 aliphatic heterocycles. The van der Waals surface area contributed by atoms with Crippen LogP contribution in [0.5, 0.6) is 0 Å². The molecule has 3 aromatic carbocycles. The van der Waals surface area contributed by atoms with Gasteiger partial charge < -0.3 is 10.1 Å². The van der Waals surface area contributed by atoms with Crippen LogP contribution < -0.4 is 5.32 Å². The van der Waals surface area contributed by atoms with E-state index in [2.05, 4.69) is 11.4 Å². The molecule has 1 N–H and O–H groups in total. The van der Waals surface area contributed by atoms with E-state index in [9.17, 15) is 10.1 Å². The van der Waals surface area contributed by atoms with Gasteiger partial charge >= 0.3 is 6.09 Å².